The molecule has 1 aliphatic rings. The van der Waals surface area contributed by atoms with Crippen LogP contribution < -0.4 is 0 Å². The van der Waals surface area contributed by atoms with Crippen LogP contribution in [-0.4, -0.2) is 16.7 Å². The maximum Gasteiger partial charge on any atom is 0.261 e. The van der Waals surface area contributed by atoms with E-state index in [1.807, 2.05) is 6.07 Å². The molecule has 2 amide bonds. The number of carbonyl (C=O) groups excluding carboxylic acids is 2. The van der Waals surface area contributed by atoms with E-state index < -0.39 is 18.3 Å². The number of hydrogen-bond acceptors (Lipinski definition) is 2. The van der Waals surface area contributed by atoms with E-state index in [0.717, 1.165) is 4.90 Å². The van der Waals surface area contributed by atoms with Crippen molar-refractivity contribution in [2.75, 3.05) is 0 Å². The van der Waals surface area contributed by atoms with E-state index in [1.54, 1.807) is 48.5 Å². The molecule has 0 bridgehead atoms. The number of hydrogen-bond donors (Lipinski definition) is 0. The molecule has 3 heteroatoms. The third-order valence-electron chi connectivity index (χ3n) is 2.90. The Bertz CT molecular complexity index is 619. The van der Waals surface area contributed by atoms with Crippen molar-refractivity contribution < 1.29 is 11.0 Å². The van der Waals surface area contributed by atoms with Crippen LogP contribution in [0.15, 0.2) is 54.6 Å². The van der Waals surface area contributed by atoms with Crippen LogP contribution in [0.5, 0.6) is 0 Å². The number of imide groups is 1. The van der Waals surface area contributed by atoms with Gasteiger partial charge in [0.15, 0.2) is 0 Å². The van der Waals surface area contributed by atoms with E-state index in [1.165, 1.54) is 0 Å². The first-order valence-corrected chi connectivity index (χ1v) is 5.64. The molecular formula is C15H11NO2. The SMILES string of the molecule is [2H]C(c1ccccc1)N1C(=O)c2ccccc2C1=O. The molecule has 0 aliphatic carbocycles. The minimum atomic E-state index is -1.01. The number of nitrogens with zero attached hydrogens (tertiary/aromatic N) is 1. The molecule has 88 valence electrons. The minimum Gasteiger partial charge on any atom is -0.270 e. The zero-order chi connectivity index (χ0) is 13.4. The molecule has 1 heterocycles. The number of fused-ring (bicyclic) bond motifs is 1. The van der Waals surface area contributed by atoms with Gasteiger partial charge in [0.05, 0.1) is 19.0 Å². The summed E-state index contributed by atoms with van der Waals surface area (Å²) in [7, 11) is 0. The first-order chi connectivity index (χ1) is 9.20. The van der Waals surface area contributed by atoms with Gasteiger partial charge in [-0.1, -0.05) is 42.5 Å². The van der Waals surface area contributed by atoms with Crippen molar-refractivity contribution >= 4 is 11.8 Å². The van der Waals surface area contributed by atoms with Crippen LogP contribution in [0, 0.1) is 0 Å². The summed E-state index contributed by atoms with van der Waals surface area (Å²) in [4.78, 5) is 25.4. The third-order valence-corrected chi connectivity index (χ3v) is 2.90. The highest BCUT2D eigenvalue weighted by Gasteiger charge is 2.34. The van der Waals surface area contributed by atoms with E-state index in [2.05, 4.69) is 0 Å². The lowest BCUT2D eigenvalue weighted by Gasteiger charge is -2.13. The van der Waals surface area contributed by atoms with Gasteiger partial charge in [-0.15, -0.1) is 0 Å². The van der Waals surface area contributed by atoms with Crippen LogP contribution in [0.2, 0.25) is 0 Å². The first kappa shape index (κ1) is 9.59. The molecule has 0 saturated carbocycles. The molecule has 1 aliphatic heterocycles. The van der Waals surface area contributed by atoms with Crippen molar-refractivity contribution in [3.05, 3.63) is 71.3 Å². The zero-order valence-corrected chi connectivity index (χ0v) is 9.54. The molecule has 0 saturated heterocycles. The Kier molecular flexibility index (Phi) is 2.19. The second-order valence-corrected chi connectivity index (χ2v) is 4.07. The number of amides is 2. The second-order valence-electron chi connectivity index (χ2n) is 4.07. The predicted octanol–water partition coefficient (Wildman–Crippen LogP) is 2.48. The molecule has 1 unspecified atom stereocenters. The van der Waals surface area contributed by atoms with Gasteiger partial charge in [0.2, 0.25) is 0 Å². The highest BCUT2D eigenvalue weighted by molar-refractivity contribution is 6.21. The summed E-state index contributed by atoms with van der Waals surface area (Å²) in [6.45, 7) is -1.01. The first-order valence-electron chi connectivity index (χ1n) is 6.22. The summed E-state index contributed by atoms with van der Waals surface area (Å²) < 4.78 is 8.13. The third kappa shape index (κ3) is 1.61. The molecule has 1 atom stereocenters. The molecule has 0 radical (unpaired) electrons. The molecule has 3 rings (SSSR count). The summed E-state index contributed by atoms with van der Waals surface area (Å²) >= 11 is 0. The lowest BCUT2D eigenvalue weighted by molar-refractivity contribution is 0.0642. The van der Waals surface area contributed by atoms with Crippen LogP contribution in [0.4, 0.5) is 0 Å². The second kappa shape index (κ2) is 4.11. The summed E-state index contributed by atoms with van der Waals surface area (Å²) in [6.07, 6.45) is 0. The molecular weight excluding hydrogens is 226 g/mol. The molecule has 0 aromatic heterocycles. The van der Waals surface area contributed by atoms with Crippen molar-refractivity contribution in [3.8, 4) is 0 Å². The molecule has 3 nitrogen and oxygen atoms in total. The van der Waals surface area contributed by atoms with E-state index in [4.69, 9.17) is 1.37 Å². The van der Waals surface area contributed by atoms with Gasteiger partial charge in [-0.2, -0.15) is 0 Å². The van der Waals surface area contributed by atoms with Gasteiger partial charge in [-0.05, 0) is 17.7 Å². The highest BCUT2D eigenvalue weighted by atomic mass is 16.2. The fourth-order valence-electron chi connectivity index (χ4n) is 2.01. The van der Waals surface area contributed by atoms with Gasteiger partial charge in [-0.25, -0.2) is 0 Å². The molecule has 18 heavy (non-hydrogen) atoms. The van der Waals surface area contributed by atoms with Gasteiger partial charge < -0.3 is 0 Å². The van der Waals surface area contributed by atoms with Crippen LogP contribution >= 0.6 is 0 Å². The van der Waals surface area contributed by atoms with Gasteiger partial charge in [0, 0.05) is 0 Å². The van der Waals surface area contributed by atoms with Crippen LogP contribution in [-0.2, 0) is 6.52 Å². The van der Waals surface area contributed by atoms with Crippen molar-refractivity contribution in [1.82, 2.24) is 4.90 Å². The standard InChI is InChI=1S/C15H11NO2/c17-14-12-8-4-5-9-13(12)15(18)16(14)10-11-6-2-1-3-7-11/h1-9H,10H2/i10D. The van der Waals surface area contributed by atoms with Crippen LogP contribution in [0.1, 0.15) is 27.7 Å². The van der Waals surface area contributed by atoms with Crippen molar-refractivity contribution in [3.63, 3.8) is 0 Å². The Morgan fingerprint density at radius 1 is 0.833 bits per heavy atom. The molecule has 2 aromatic carbocycles. The smallest absolute Gasteiger partial charge is 0.261 e. The quantitative estimate of drug-likeness (QED) is 0.754. The summed E-state index contributed by atoms with van der Waals surface area (Å²) in [6, 6.07) is 15.6. The maximum absolute atomic E-state index is 12.2. The fraction of sp³-hybridized carbons (Fsp3) is 0.0667. The Morgan fingerprint density at radius 3 is 1.89 bits per heavy atom. The maximum atomic E-state index is 12.2. The minimum absolute atomic E-state index is 0.376. The van der Waals surface area contributed by atoms with Gasteiger partial charge in [-0.3, -0.25) is 14.5 Å². The average Bonchev–Trinajstić information content (AvgIpc) is 2.72. The average molecular weight is 238 g/mol. The Labute approximate surface area is 106 Å². The molecule has 0 fully saturated rings. The normalized spacial score (nSPS) is 16.4. The lowest BCUT2D eigenvalue weighted by Crippen LogP contribution is -2.29. The Balaban J connectivity index is 2.01. The predicted molar refractivity (Wildman–Crippen MR) is 67.1 cm³/mol. The molecule has 0 N–H and O–H groups in total. The zero-order valence-electron chi connectivity index (χ0n) is 10.5. The number of rotatable bonds is 2. The van der Waals surface area contributed by atoms with Crippen molar-refractivity contribution in [2.24, 2.45) is 0 Å². The van der Waals surface area contributed by atoms with Gasteiger partial charge in [0.25, 0.3) is 11.8 Å². The van der Waals surface area contributed by atoms with Crippen molar-refractivity contribution in [2.45, 2.75) is 6.52 Å². The summed E-state index contributed by atoms with van der Waals surface area (Å²) in [5.41, 5.74) is 1.37. The Hall–Kier alpha value is -2.42. The fourth-order valence-corrected chi connectivity index (χ4v) is 2.01. The summed E-state index contributed by atoms with van der Waals surface area (Å²) in [5.74, 6) is -0.797. The van der Waals surface area contributed by atoms with Crippen LogP contribution in [0.3, 0.4) is 0 Å². The van der Waals surface area contributed by atoms with Gasteiger partial charge >= 0.3 is 0 Å². The van der Waals surface area contributed by atoms with E-state index in [0.29, 0.717) is 16.7 Å². The van der Waals surface area contributed by atoms with Gasteiger partial charge in [0.1, 0.15) is 0 Å². The largest absolute Gasteiger partial charge is 0.270 e. The van der Waals surface area contributed by atoms with E-state index >= 15 is 0 Å². The van der Waals surface area contributed by atoms with Crippen molar-refractivity contribution in [1.29, 1.82) is 0 Å². The molecule has 2 aromatic rings. The number of benzene rings is 2. The highest BCUT2D eigenvalue weighted by Crippen LogP contribution is 2.23. The monoisotopic (exact) mass is 238 g/mol. The topological polar surface area (TPSA) is 37.4 Å². The van der Waals surface area contributed by atoms with E-state index in [9.17, 15) is 9.59 Å². The number of carbonyl (C=O) groups is 2. The molecule has 0 spiro atoms. The lowest BCUT2D eigenvalue weighted by atomic mass is 10.1. The Morgan fingerprint density at radius 2 is 1.33 bits per heavy atom. The van der Waals surface area contributed by atoms with Crippen LogP contribution in [0.25, 0.3) is 0 Å². The van der Waals surface area contributed by atoms with E-state index in [-0.39, 0.29) is 0 Å². The summed E-state index contributed by atoms with van der Waals surface area (Å²) in [5, 5.41) is 0.